The molecule has 12 heavy (non-hydrogen) atoms. The summed E-state index contributed by atoms with van der Waals surface area (Å²) < 4.78 is 5.32. The van der Waals surface area contributed by atoms with Crippen molar-refractivity contribution in [2.24, 2.45) is 5.92 Å². The molecule has 1 fully saturated rings. The highest BCUT2D eigenvalue weighted by atomic mass is 79.9. The van der Waals surface area contributed by atoms with Gasteiger partial charge in [0.1, 0.15) is 0 Å². The first-order valence-corrected chi connectivity index (χ1v) is 5.77. The van der Waals surface area contributed by atoms with E-state index in [1.54, 1.807) is 5.57 Å². The van der Waals surface area contributed by atoms with Gasteiger partial charge in [-0.1, -0.05) is 27.6 Å². The lowest BCUT2D eigenvalue weighted by Gasteiger charge is -2.22. The number of halogens is 1. The molecule has 0 unspecified atom stereocenters. The molecule has 0 aliphatic carbocycles. The van der Waals surface area contributed by atoms with Gasteiger partial charge in [0.05, 0.1) is 0 Å². The first-order valence-electron chi connectivity index (χ1n) is 4.65. The summed E-state index contributed by atoms with van der Waals surface area (Å²) in [5.41, 5.74) is 1.55. The highest BCUT2D eigenvalue weighted by Gasteiger charge is 2.14. The van der Waals surface area contributed by atoms with Crippen molar-refractivity contribution in [1.82, 2.24) is 0 Å². The molecule has 1 rings (SSSR count). The first kappa shape index (κ1) is 10.3. The minimum atomic E-state index is 0.790. The molecular weight excluding hydrogens is 216 g/mol. The van der Waals surface area contributed by atoms with E-state index < -0.39 is 0 Å². The van der Waals surface area contributed by atoms with E-state index in [0.29, 0.717) is 0 Å². The highest BCUT2D eigenvalue weighted by molar-refractivity contribution is 9.09. The molecule has 70 valence electrons. The Morgan fingerprint density at radius 3 is 2.75 bits per heavy atom. The Bertz CT molecular complexity index is 148. The predicted molar refractivity (Wildman–Crippen MR) is 55.7 cm³/mol. The van der Waals surface area contributed by atoms with Gasteiger partial charge < -0.3 is 4.74 Å². The van der Waals surface area contributed by atoms with Crippen LogP contribution in [0.3, 0.4) is 0 Å². The van der Waals surface area contributed by atoms with Gasteiger partial charge >= 0.3 is 0 Å². The lowest BCUT2D eigenvalue weighted by Crippen LogP contribution is -2.16. The van der Waals surface area contributed by atoms with Crippen molar-refractivity contribution in [2.75, 3.05) is 18.5 Å². The number of ether oxygens (including phenoxy) is 1. The van der Waals surface area contributed by atoms with Crippen LogP contribution >= 0.6 is 15.9 Å². The number of hydrogen-bond acceptors (Lipinski definition) is 1. The van der Waals surface area contributed by atoms with Gasteiger partial charge in [0, 0.05) is 18.5 Å². The standard InChI is InChI=1S/C10H17BrO/c1-9(3-2-6-11)10-4-7-12-8-5-10/h3,10H,2,4-8H2,1H3/b9-3+. The van der Waals surface area contributed by atoms with Crippen LogP contribution in [0.25, 0.3) is 0 Å². The summed E-state index contributed by atoms with van der Waals surface area (Å²) in [6, 6.07) is 0. The van der Waals surface area contributed by atoms with Gasteiger partial charge in [0.15, 0.2) is 0 Å². The van der Waals surface area contributed by atoms with Crippen LogP contribution in [-0.2, 0) is 4.74 Å². The van der Waals surface area contributed by atoms with E-state index in [1.165, 1.54) is 12.8 Å². The summed E-state index contributed by atoms with van der Waals surface area (Å²) in [5, 5.41) is 1.08. The van der Waals surface area contributed by atoms with E-state index in [1.807, 2.05) is 0 Å². The fourth-order valence-corrected chi connectivity index (χ4v) is 1.83. The molecule has 1 aliphatic rings. The number of rotatable bonds is 3. The number of hydrogen-bond donors (Lipinski definition) is 0. The summed E-state index contributed by atoms with van der Waals surface area (Å²) >= 11 is 3.43. The average Bonchev–Trinajstić information content (AvgIpc) is 2.15. The van der Waals surface area contributed by atoms with Crippen molar-refractivity contribution in [1.29, 1.82) is 0 Å². The zero-order chi connectivity index (χ0) is 8.81. The van der Waals surface area contributed by atoms with Crippen molar-refractivity contribution in [3.63, 3.8) is 0 Å². The summed E-state index contributed by atoms with van der Waals surface area (Å²) in [6.07, 6.45) is 5.93. The zero-order valence-corrected chi connectivity index (χ0v) is 9.27. The third-order valence-corrected chi connectivity index (χ3v) is 2.90. The van der Waals surface area contributed by atoms with E-state index >= 15 is 0 Å². The molecule has 0 aromatic carbocycles. The normalized spacial score (nSPS) is 21.3. The van der Waals surface area contributed by atoms with Crippen molar-refractivity contribution >= 4 is 15.9 Å². The number of alkyl halides is 1. The Kier molecular flexibility index (Phi) is 4.93. The molecule has 1 aliphatic heterocycles. The molecule has 0 amide bonds. The van der Waals surface area contributed by atoms with Crippen LogP contribution in [0.5, 0.6) is 0 Å². The SMILES string of the molecule is C/C(=C\CCBr)C1CCOCC1. The molecule has 1 heterocycles. The second-order valence-corrected chi connectivity index (χ2v) is 4.11. The van der Waals surface area contributed by atoms with Crippen LogP contribution in [0.4, 0.5) is 0 Å². The molecule has 1 nitrogen and oxygen atoms in total. The van der Waals surface area contributed by atoms with Gasteiger partial charge in [-0.3, -0.25) is 0 Å². The fourth-order valence-electron chi connectivity index (χ4n) is 1.60. The van der Waals surface area contributed by atoms with Crippen molar-refractivity contribution in [3.05, 3.63) is 11.6 Å². The molecule has 2 heteroatoms. The zero-order valence-electron chi connectivity index (χ0n) is 7.68. The van der Waals surface area contributed by atoms with Gasteiger partial charge in [0.25, 0.3) is 0 Å². The molecule has 0 radical (unpaired) electrons. The molecule has 0 atom stereocenters. The first-order chi connectivity index (χ1) is 5.84. The van der Waals surface area contributed by atoms with E-state index in [2.05, 4.69) is 28.9 Å². The summed E-state index contributed by atoms with van der Waals surface area (Å²) in [7, 11) is 0. The summed E-state index contributed by atoms with van der Waals surface area (Å²) in [6.45, 7) is 4.15. The van der Waals surface area contributed by atoms with Gasteiger partial charge in [-0.15, -0.1) is 0 Å². The molecule has 0 aromatic rings. The Labute approximate surface area is 83.3 Å². The molecule has 0 saturated carbocycles. The Morgan fingerprint density at radius 1 is 1.50 bits per heavy atom. The summed E-state index contributed by atoms with van der Waals surface area (Å²) in [4.78, 5) is 0. The quantitative estimate of drug-likeness (QED) is 0.537. The summed E-state index contributed by atoms with van der Waals surface area (Å²) in [5.74, 6) is 0.790. The molecule has 0 N–H and O–H groups in total. The van der Waals surface area contributed by atoms with Crippen LogP contribution in [0.15, 0.2) is 11.6 Å². The monoisotopic (exact) mass is 232 g/mol. The fraction of sp³-hybridized carbons (Fsp3) is 0.800. The molecule has 1 saturated heterocycles. The largest absolute Gasteiger partial charge is 0.381 e. The maximum atomic E-state index is 5.32. The smallest absolute Gasteiger partial charge is 0.0471 e. The Morgan fingerprint density at radius 2 is 2.17 bits per heavy atom. The maximum Gasteiger partial charge on any atom is 0.0471 e. The topological polar surface area (TPSA) is 9.23 Å². The van der Waals surface area contributed by atoms with Crippen molar-refractivity contribution < 1.29 is 4.74 Å². The minimum Gasteiger partial charge on any atom is -0.381 e. The van der Waals surface area contributed by atoms with Gasteiger partial charge in [-0.25, -0.2) is 0 Å². The molecule has 0 aromatic heterocycles. The van der Waals surface area contributed by atoms with Gasteiger partial charge in [-0.05, 0) is 32.1 Å². The maximum absolute atomic E-state index is 5.32. The van der Waals surface area contributed by atoms with Crippen molar-refractivity contribution in [2.45, 2.75) is 26.2 Å². The third kappa shape index (κ3) is 3.28. The second kappa shape index (κ2) is 5.76. The van der Waals surface area contributed by atoms with Crippen LogP contribution in [-0.4, -0.2) is 18.5 Å². The minimum absolute atomic E-state index is 0.790. The second-order valence-electron chi connectivity index (χ2n) is 3.31. The molecule has 0 spiro atoms. The Hall–Kier alpha value is 0.180. The van der Waals surface area contributed by atoms with E-state index in [-0.39, 0.29) is 0 Å². The van der Waals surface area contributed by atoms with Crippen LogP contribution in [0.1, 0.15) is 26.2 Å². The van der Waals surface area contributed by atoms with Crippen LogP contribution in [0.2, 0.25) is 0 Å². The average molecular weight is 233 g/mol. The number of allylic oxidation sites excluding steroid dienone is 2. The third-order valence-electron chi connectivity index (χ3n) is 2.44. The highest BCUT2D eigenvalue weighted by Crippen LogP contribution is 2.22. The van der Waals surface area contributed by atoms with Crippen LogP contribution in [0, 0.1) is 5.92 Å². The van der Waals surface area contributed by atoms with E-state index in [9.17, 15) is 0 Å². The van der Waals surface area contributed by atoms with Crippen molar-refractivity contribution in [3.8, 4) is 0 Å². The molecular formula is C10H17BrO. The lowest BCUT2D eigenvalue weighted by molar-refractivity contribution is 0.0757. The van der Waals surface area contributed by atoms with Gasteiger partial charge in [-0.2, -0.15) is 0 Å². The van der Waals surface area contributed by atoms with Crippen LogP contribution < -0.4 is 0 Å². The predicted octanol–water partition coefficient (Wildman–Crippen LogP) is 3.14. The van der Waals surface area contributed by atoms with Gasteiger partial charge in [0.2, 0.25) is 0 Å². The molecule has 0 bridgehead atoms. The Balaban J connectivity index is 2.33. The lowest BCUT2D eigenvalue weighted by atomic mass is 9.92. The van der Waals surface area contributed by atoms with E-state index in [0.717, 1.165) is 30.9 Å². The van der Waals surface area contributed by atoms with E-state index in [4.69, 9.17) is 4.74 Å².